The van der Waals surface area contributed by atoms with E-state index in [0.29, 0.717) is 10.7 Å². The maximum absolute atomic E-state index is 14.0. The highest BCUT2D eigenvalue weighted by Crippen LogP contribution is 2.27. The molecule has 40 heavy (non-hydrogen) atoms. The van der Waals surface area contributed by atoms with Gasteiger partial charge in [0.05, 0.1) is 10.6 Å². The van der Waals surface area contributed by atoms with Crippen molar-refractivity contribution in [1.82, 2.24) is 10.2 Å². The molecule has 214 valence electrons. The van der Waals surface area contributed by atoms with Crippen LogP contribution < -0.4 is 9.62 Å². The van der Waals surface area contributed by atoms with Gasteiger partial charge in [-0.05, 0) is 73.7 Å². The van der Waals surface area contributed by atoms with Crippen molar-refractivity contribution in [3.63, 3.8) is 0 Å². The van der Waals surface area contributed by atoms with Gasteiger partial charge in [-0.1, -0.05) is 74.8 Å². The highest BCUT2D eigenvalue weighted by atomic mass is 35.5. The number of hydrogen-bond donors (Lipinski definition) is 1. The minimum atomic E-state index is -4.10. The highest BCUT2D eigenvalue weighted by molar-refractivity contribution is 7.92. The van der Waals surface area contributed by atoms with E-state index in [9.17, 15) is 18.0 Å². The third-order valence-electron chi connectivity index (χ3n) is 6.87. The van der Waals surface area contributed by atoms with Gasteiger partial charge in [-0.2, -0.15) is 0 Å². The lowest BCUT2D eigenvalue weighted by Gasteiger charge is -2.32. The second-order valence-corrected chi connectivity index (χ2v) is 12.5. The zero-order valence-electron chi connectivity index (χ0n) is 23.7. The lowest BCUT2D eigenvalue weighted by molar-refractivity contribution is -0.139. The molecule has 7 nitrogen and oxygen atoms in total. The molecule has 0 heterocycles. The number of hydrogen-bond acceptors (Lipinski definition) is 4. The van der Waals surface area contributed by atoms with Gasteiger partial charge < -0.3 is 10.2 Å². The van der Waals surface area contributed by atoms with Crippen LogP contribution >= 0.6 is 11.6 Å². The van der Waals surface area contributed by atoms with Crippen LogP contribution in [0.1, 0.15) is 58.1 Å². The first-order valence-corrected chi connectivity index (χ1v) is 15.3. The van der Waals surface area contributed by atoms with E-state index in [4.69, 9.17) is 11.6 Å². The zero-order chi connectivity index (χ0) is 29.4. The van der Waals surface area contributed by atoms with Crippen molar-refractivity contribution in [3.05, 3.63) is 95.0 Å². The van der Waals surface area contributed by atoms with Crippen LogP contribution in [0.5, 0.6) is 0 Å². The normalized spacial score (nSPS) is 13.0. The van der Waals surface area contributed by atoms with E-state index in [1.807, 2.05) is 32.0 Å². The van der Waals surface area contributed by atoms with Crippen LogP contribution in [-0.2, 0) is 26.2 Å². The third kappa shape index (κ3) is 7.86. The number of anilines is 1. The minimum absolute atomic E-state index is 0.0692. The number of benzene rings is 3. The quantitative estimate of drug-likeness (QED) is 0.284. The molecule has 0 spiro atoms. The summed E-state index contributed by atoms with van der Waals surface area (Å²) in [6.45, 7) is 9.20. The first-order valence-electron chi connectivity index (χ1n) is 13.5. The van der Waals surface area contributed by atoms with E-state index in [1.54, 1.807) is 55.5 Å². The van der Waals surface area contributed by atoms with E-state index in [2.05, 4.69) is 19.2 Å². The highest BCUT2D eigenvalue weighted by Gasteiger charge is 2.32. The molecule has 1 N–H and O–H groups in total. The molecule has 0 aliphatic heterocycles. The van der Waals surface area contributed by atoms with Gasteiger partial charge in [0, 0.05) is 17.6 Å². The van der Waals surface area contributed by atoms with Crippen LogP contribution in [0, 0.1) is 0 Å². The van der Waals surface area contributed by atoms with E-state index in [-0.39, 0.29) is 29.3 Å². The molecule has 0 unspecified atom stereocenters. The number of rotatable bonds is 12. The van der Waals surface area contributed by atoms with Gasteiger partial charge in [0.25, 0.3) is 10.0 Å². The Morgan fingerprint density at radius 3 is 2.12 bits per heavy atom. The first-order chi connectivity index (χ1) is 18.9. The fourth-order valence-corrected chi connectivity index (χ4v) is 5.80. The van der Waals surface area contributed by atoms with Gasteiger partial charge in [0.15, 0.2) is 0 Å². The monoisotopic (exact) mass is 583 g/mol. The van der Waals surface area contributed by atoms with Crippen LogP contribution in [0.2, 0.25) is 5.02 Å². The Morgan fingerprint density at radius 1 is 0.900 bits per heavy atom. The summed E-state index contributed by atoms with van der Waals surface area (Å²) in [7, 11) is -4.10. The van der Waals surface area contributed by atoms with E-state index in [1.165, 1.54) is 17.0 Å². The summed E-state index contributed by atoms with van der Waals surface area (Å²) in [6, 6.07) is 21.3. The molecule has 0 saturated heterocycles. The molecule has 0 saturated carbocycles. The van der Waals surface area contributed by atoms with Crippen LogP contribution in [0.15, 0.2) is 83.8 Å². The Kier molecular flexibility index (Phi) is 10.8. The lowest BCUT2D eigenvalue weighted by atomic mass is 10.0. The predicted molar refractivity (Wildman–Crippen MR) is 161 cm³/mol. The summed E-state index contributed by atoms with van der Waals surface area (Å²) in [6.07, 6.45) is 0.732. The average Bonchev–Trinajstić information content (AvgIpc) is 2.94. The van der Waals surface area contributed by atoms with E-state index >= 15 is 0 Å². The molecule has 0 fully saturated rings. The Morgan fingerprint density at radius 2 is 1.55 bits per heavy atom. The molecule has 2 atom stereocenters. The maximum Gasteiger partial charge on any atom is 0.264 e. The number of carbonyl (C=O) groups is 2. The predicted octanol–water partition coefficient (Wildman–Crippen LogP) is 5.99. The summed E-state index contributed by atoms with van der Waals surface area (Å²) in [5, 5.41) is 3.43. The van der Waals surface area contributed by atoms with Crippen molar-refractivity contribution in [3.8, 4) is 0 Å². The molecule has 2 amide bonds. The second-order valence-electron chi connectivity index (χ2n) is 10.2. The number of amides is 2. The molecule has 0 aromatic heterocycles. The van der Waals surface area contributed by atoms with Gasteiger partial charge >= 0.3 is 0 Å². The molecule has 0 aliphatic rings. The van der Waals surface area contributed by atoms with Gasteiger partial charge in [0.1, 0.15) is 12.6 Å². The van der Waals surface area contributed by atoms with Crippen molar-refractivity contribution in [2.45, 2.75) is 70.5 Å². The van der Waals surface area contributed by atoms with Crippen molar-refractivity contribution < 1.29 is 18.0 Å². The number of carbonyl (C=O) groups excluding carboxylic acids is 2. The number of halogens is 1. The van der Waals surface area contributed by atoms with Crippen LogP contribution in [0.25, 0.3) is 0 Å². The van der Waals surface area contributed by atoms with Crippen LogP contribution in [0.4, 0.5) is 5.69 Å². The lowest BCUT2D eigenvalue weighted by Crippen LogP contribution is -2.52. The van der Waals surface area contributed by atoms with Crippen molar-refractivity contribution in [2.75, 3.05) is 10.8 Å². The Bertz CT molecular complexity index is 1400. The average molecular weight is 584 g/mol. The summed E-state index contributed by atoms with van der Waals surface area (Å²) in [4.78, 5) is 28.6. The first kappa shape index (κ1) is 31.2. The standard InChI is InChI=1S/C31H38ClN3O4S/c1-6-23(4)33-31(37)24(5)34(20-25-11-10-12-27(32)19-25)30(36)21-35(28-17-15-26(16-18-28)22(2)3)40(38,39)29-13-8-7-9-14-29/h7-19,22-24H,6,20-21H2,1-5H3,(H,33,37)/t23-,24+/m0/s1. The molecule has 3 aromatic rings. The van der Waals surface area contributed by atoms with Crippen LogP contribution in [0.3, 0.4) is 0 Å². The molecule has 3 rings (SSSR count). The summed E-state index contributed by atoms with van der Waals surface area (Å²) < 4.78 is 28.8. The van der Waals surface area contributed by atoms with E-state index in [0.717, 1.165) is 21.9 Å². The number of nitrogens with zero attached hydrogens (tertiary/aromatic N) is 2. The number of nitrogens with one attached hydrogen (secondary N) is 1. The molecular formula is C31H38ClN3O4S. The topological polar surface area (TPSA) is 86.8 Å². The van der Waals surface area contributed by atoms with Crippen LogP contribution in [-0.4, -0.2) is 43.8 Å². The fraction of sp³-hybridized carbons (Fsp3) is 0.355. The molecule has 0 radical (unpaired) electrons. The van der Waals surface area contributed by atoms with Crippen molar-refractivity contribution >= 4 is 39.1 Å². The Hall–Kier alpha value is -3.36. The third-order valence-corrected chi connectivity index (χ3v) is 8.89. The molecule has 3 aromatic carbocycles. The largest absolute Gasteiger partial charge is 0.352 e. The molecule has 0 aliphatic carbocycles. The van der Waals surface area contributed by atoms with Crippen molar-refractivity contribution in [2.24, 2.45) is 0 Å². The smallest absolute Gasteiger partial charge is 0.264 e. The zero-order valence-corrected chi connectivity index (χ0v) is 25.2. The van der Waals surface area contributed by atoms with Gasteiger partial charge in [-0.3, -0.25) is 13.9 Å². The molecule has 0 bridgehead atoms. The van der Waals surface area contributed by atoms with Gasteiger partial charge in [-0.15, -0.1) is 0 Å². The van der Waals surface area contributed by atoms with Gasteiger partial charge in [0.2, 0.25) is 11.8 Å². The van der Waals surface area contributed by atoms with Gasteiger partial charge in [-0.25, -0.2) is 8.42 Å². The summed E-state index contributed by atoms with van der Waals surface area (Å²) >= 11 is 6.19. The summed E-state index contributed by atoms with van der Waals surface area (Å²) in [5.41, 5.74) is 2.13. The molecular weight excluding hydrogens is 546 g/mol. The summed E-state index contributed by atoms with van der Waals surface area (Å²) in [5.74, 6) is -0.573. The van der Waals surface area contributed by atoms with E-state index < -0.39 is 28.5 Å². The SMILES string of the molecule is CC[C@H](C)NC(=O)[C@@H](C)N(Cc1cccc(Cl)c1)C(=O)CN(c1ccc(C(C)C)cc1)S(=O)(=O)c1ccccc1. The van der Waals surface area contributed by atoms with Crippen molar-refractivity contribution in [1.29, 1.82) is 0 Å². The maximum atomic E-state index is 14.0. The number of sulfonamides is 1. The second kappa shape index (κ2) is 13.8. The molecule has 9 heteroatoms. The minimum Gasteiger partial charge on any atom is -0.352 e. The Balaban J connectivity index is 2.03. The Labute approximate surface area is 243 Å². The fourth-order valence-electron chi connectivity index (χ4n) is 4.15.